The maximum atomic E-state index is 11.8. The molecular weight excluding hydrogens is 248 g/mol. The number of likely N-dealkylation sites (N-methyl/N-ethyl adjacent to an activating group) is 1. The van der Waals surface area contributed by atoms with E-state index in [-0.39, 0.29) is 5.91 Å². The van der Waals surface area contributed by atoms with Crippen molar-refractivity contribution in [2.75, 3.05) is 39.0 Å². The summed E-state index contributed by atoms with van der Waals surface area (Å²) in [6.45, 7) is 7.68. The van der Waals surface area contributed by atoms with Crippen LogP contribution in [0.2, 0.25) is 0 Å². The van der Waals surface area contributed by atoms with Gasteiger partial charge in [-0.1, -0.05) is 25.6 Å². The Morgan fingerprint density at radius 1 is 1.17 bits per heavy atom. The van der Waals surface area contributed by atoms with Gasteiger partial charge in [-0.25, -0.2) is 0 Å². The van der Waals surface area contributed by atoms with Crippen molar-refractivity contribution in [1.82, 2.24) is 9.80 Å². The van der Waals surface area contributed by atoms with E-state index in [2.05, 4.69) is 11.9 Å². The lowest BCUT2D eigenvalue weighted by Crippen LogP contribution is -2.47. The van der Waals surface area contributed by atoms with Crippen LogP contribution in [0.1, 0.15) is 33.1 Å². The number of carbonyl (C=O) groups is 2. The molecule has 18 heavy (non-hydrogen) atoms. The number of hydrogen-bond acceptors (Lipinski definition) is 4. The van der Waals surface area contributed by atoms with Crippen molar-refractivity contribution >= 4 is 23.3 Å². The van der Waals surface area contributed by atoms with Crippen molar-refractivity contribution < 1.29 is 9.59 Å². The SMILES string of the molecule is CC.CN1CCN(C(=O)CCCCSC=O)CC1. The zero-order valence-corrected chi connectivity index (χ0v) is 12.7. The van der Waals surface area contributed by atoms with Crippen LogP contribution in [0.15, 0.2) is 0 Å². The lowest BCUT2D eigenvalue weighted by atomic mass is 10.2. The smallest absolute Gasteiger partial charge is 0.222 e. The molecule has 0 aliphatic carbocycles. The normalized spacial score (nSPS) is 15.8. The first-order valence-electron chi connectivity index (χ1n) is 6.75. The summed E-state index contributed by atoms with van der Waals surface area (Å²) in [7, 11) is 2.08. The summed E-state index contributed by atoms with van der Waals surface area (Å²) in [6.07, 6.45) is 2.47. The topological polar surface area (TPSA) is 40.6 Å². The minimum absolute atomic E-state index is 0.268. The molecule has 0 spiro atoms. The molecule has 0 saturated carbocycles. The van der Waals surface area contributed by atoms with Crippen molar-refractivity contribution in [3.8, 4) is 0 Å². The molecule has 0 unspecified atom stereocenters. The summed E-state index contributed by atoms with van der Waals surface area (Å²) >= 11 is 1.28. The van der Waals surface area contributed by atoms with Crippen LogP contribution in [0.5, 0.6) is 0 Å². The summed E-state index contributed by atoms with van der Waals surface area (Å²) < 4.78 is 0. The minimum atomic E-state index is 0.268. The maximum absolute atomic E-state index is 11.8. The average molecular weight is 274 g/mol. The van der Waals surface area contributed by atoms with Crippen LogP contribution in [-0.2, 0) is 9.59 Å². The predicted octanol–water partition coefficient (Wildman–Crippen LogP) is 1.88. The Bertz CT molecular complexity index is 229. The molecule has 1 rings (SSSR count). The zero-order chi connectivity index (χ0) is 13.8. The molecule has 0 N–H and O–H groups in total. The summed E-state index contributed by atoms with van der Waals surface area (Å²) in [5.41, 5.74) is 0.863. The zero-order valence-electron chi connectivity index (χ0n) is 11.9. The fourth-order valence-electron chi connectivity index (χ4n) is 1.72. The van der Waals surface area contributed by atoms with Gasteiger partial charge in [-0.05, 0) is 19.9 Å². The Kier molecular flexibility index (Phi) is 11.2. The summed E-state index contributed by atoms with van der Waals surface area (Å²) in [5.74, 6) is 1.10. The largest absolute Gasteiger partial charge is 0.340 e. The first-order chi connectivity index (χ1) is 8.74. The molecule has 1 fully saturated rings. The van der Waals surface area contributed by atoms with Gasteiger partial charge in [0.1, 0.15) is 0 Å². The second-order valence-electron chi connectivity index (χ2n) is 4.11. The van der Waals surface area contributed by atoms with Gasteiger partial charge in [0.15, 0.2) is 5.62 Å². The molecule has 1 heterocycles. The Labute approximate surface area is 115 Å². The van der Waals surface area contributed by atoms with Gasteiger partial charge in [0.25, 0.3) is 0 Å². The summed E-state index contributed by atoms with van der Waals surface area (Å²) in [5, 5.41) is 0. The molecule has 1 aliphatic heterocycles. The summed E-state index contributed by atoms with van der Waals surface area (Å²) in [4.78, 5) is 26.0. The maximum Gasteiger partial charge on any atom is 0.222 e. The van der Waals surface area contributed by atoms with E-state index in [1.165, 1.54) is 11.8 Å². The van der Waals surface area contributed by atoms with Crippen LogP contribution in [0.25, 0.3) is 0 Å². The molecule has 4 nitrogen and oxygen atoms in total. The second-order valence-corrected chi connectivity index (χ2v) is 5.04. The van der Waals surface area contributed by atoms with Gasteiger partial charge in [0.2, 0.25) is 5.91 Å². The van der Waals surface area contributed by atoms with E-state index in [0.717, 1.165) is 50.4 Å². The van der Waals surface area contributed by atoms with E-state index < -0.39 is 0 Å². The van der Waals surface area contributed by atoms with Crippen molar-refractivity contribution in [1.29, 1.82) is 0 Å². The first-order valence-corrected chi connectivity index (χ1v) is 7.80. The van der Waals surface area contributed by atoms with Crippen LogP contribution in [0.4, 0.5) is 0 Å². The van der Waals surface area contributed by atoms with E-state index >= 15 is 0 Å². The van der Waals surface area contributed by atoms with Gasteiger partial charge in [-0.15, -0.1) is 0 Å². The molecule has 5 heteroatoms. The van der Waals surface area contributed by atoms with Crippen LogP contribution in [0, 0.1) is 0 Å². The van der Waals surface area contributed by atoms with Gasteiger partial charge in [0, 0.05) is 38.4 Å². The Morgan fingerprint density at radius 2 is 1.78 bits per heavy atom. The highest BCUT2D eigenvalue weighted by atomic mass is 32.2. The molecular formula is C13H26N2O2S. The third-order valence-electron chi connectivity index (χ3n) is 2.83. The highest BCUT2D eigenvalue weighted by Crippen LogP contribution is 2.07. The first kappa shape index (κ1) is 17.4. The molecule has 0 aromatic carbocycles. The quantitative estimate of drug-likeness (QED) is 0.548. The minimum Gasteiger partial charge on any atom is -0.340 e. The lowest BCUT2D eigenvalue weighted by Gasteiger charge is -2.32. The molecule has 1 aliphatic rings. The van der Waals surface area contributed by atoms with E-state index in [1.54, 1.807) is 0 Å². The molecule has 0 atom stereocenters. The van der Waals surface area contributed by atoms with Crippen LogP contribution in [-0.4, -0.2) is 60.3 Å². The molecule has 0 aromatic rings. The fraction of sp³-hybridized carbons (Fsp3) is 0.846. The molecule has 0 bridgehead atoms. The third kappa shape index (κ3) is 7.71. The second kappa shape index (κ2) is 11.5. The number of thioether (sulfide) groups is 1. The van der Waals surface area contributed by atoms with E-state index in [9.17, 15) is 9.59 Å². The monoisotopic (exact) mass is 274 g/mol. The predicted molar refractivity (Wildman–Crippen MR) is 78.5 cm³/mol. The molecule has 1 saturated heterocycles. The number of hydrogen-bond donors (Lipinski definition) is 0. The molecule has 106 valence electrons. The third-order valence-corrected chi connectivity index (χ3v) is 3.49. The number of nitrogens with zero attached hydrogens (tertiary/aromatic N) is 2. The fourth-order valence-corrected chi connectivity index (χ4v) is 2.19. The van der Waals surface area contributed by atoms with Crippen molar-refractivity contribution in [3.63, 3.8) is 0 Å². The number of amides is 1. The van der Waals surface area contributed by atoms with Gasteiger partial charge in [-0.2, -0.15) is 0 Å². The average Bonchev–Trinajstić information content (AvgIpc) is 2.41. The van der Waals surface area contributed by atoms with E-state index in [1.807, 2.05) is 18.7 Å². The van der Waals surface area contributed by atoms with Gasteiger partial charge >= 0.3 is 0 Å². The number of rotatable bonds is 6. The van der Waals surface area contributed by atoms with Crippen molar-refractivity contribution in [3.05, 3.63) is 0 Å². The Balaban J connectivity index is 0.00000137. The lowest BCUT2D eigenvalue weighted by molar-refractivity contribution is -0.132. The molecule has 1 amide bonds. The Hall–Kier alpha value is -0.550. The highest BCUT2D eigenvalue weighted by Gasteiger charge is 2.17. The molecule has 0 aromatic heterocycles. The number of piperazine rings is 1. The van der Waals surface area contributed by atoms with Crippen LogP contribution < -0.4 is 0 Å². The van der Waals surface area contributed by atoms with E-state index in [0.29, 0.717) is 6.42 Å². The van der Waals surface area contributed by atoms with Crippen molar-refractivity contribution in [2.24, 2.45) is 0 Å². The van der Waals surface area contributed by atoms with Crippen molar-refractivity contribution in [2.45, 2.75) is 33.1 Å². The van der Waals surface area contributed by atoms with Gasteiger partial charge in [-0.3, -0.25) is 9.59 Å². The van der Waals surface area contributed by atoms with Crippen LogP contribution in [0.3, 0.4) is 0 Å². The van der Waals surface area contributed by atoms with Crippen LogP contribution >= 0.6 is 11.8 Å². The highest BCUT2D eigenvalue weighted by molar-refractivity contribution is 8.11. The standard InChI is InChI=1S/C11H20N2O2S.C2H6/c1-12-5-7-13(8-6-12)11(15)4-2-3-9-16-10-14;1-2/h10H,2-9H2,1H3;1-2H3. The van der Waals surface area contributed by atoms with Gasteiger partial charge < -0.3 is 9.80 Å². The number of unbranched alkanes of at least 4 members (excludes halogenated alkanes) is 1. The Morgan fingerprint density at radius 3 is 2.33 bits per heavy atom. The number of carbonyl (C=O) groups excluding carboxylic acids is 2. The summed E-state index contributed by atoms with van der Waals surface area (Å²) in [6, 6.07) is 0. The molecule has 0 radical (unpaired) electrons. The van der Waals surface area contributed by atoms with Gasteiger partial charge in [0.05, 0.1) is 0 Å². The van der Waals surface area contributed by atoms with E-state index in [4.69, 9.17) is 0 Å².